The smallest absolute Gasteiger partial charge is 0.348 e. The summed E-state index contributed by atoms with van der Waals surface area (Å²) in [4.78, 5) is 18.1. The van der Waals surface area contributed by atoms with E-state index in [1.54, 1.807) is 23.6 Å². The van der Waals surface area contributed by atoms with Crippen molar-refractivity contribution in [2.24, 2.45) is 5.41 Å². The van der Waals surface area contributed by atoms with Crippen LogP contribution >= 0.6 is 11.3 Å². The molecule has 2 aromatic heterocycles. The van der Waals surface area contributed by atoms with Crippen molar-refractivity contribution in [3.8, 4) is 11.1 Å². The molecule has 3 heterocycles. The molecule has 3 aromatic carbocycles. The van der Waals surface area contributed by atoms with Crippen molar-refractivity contribution in [2.45, 2.75) is 30.9 Å². The van der Waals surface area contributed by atoms with E-state index in [0.29, 0.717) is 11.5 Å². The van der Waals surface area contributed by atoms with E-state index in [0.717, 1.165) is 66.3 Å². The predicted molar refractivity (Wildman–Crippen MR) is 151 cm³/mol. The molecule has 10 heteroatoms. The molecule has 5 aromatic rings. The number of aromatic amines is 1. The molecule has 1 N–H and O–H groups in total. The van der Waals surface area contributed by atoms with Crippen LogP contribution in [0.15, 0.2) is 72.2 Å². The van der Waals surface area contributed by atoms with Gasteiger partial charge in [0.25, 0.3) is 0 Å². The summed E-state index contributed by atoms with van der Waals surface area (Å²) in [6, 6.07) is 17.2. The first kappa shape index (κ1) is 25.7. The van der Waals surface area contributed by atoms with E-state index in [-0.39, 0.29) is 16.4 Å². The Morgan fingerprint density at radius 1 is 1.00 bits per heavy atom. The van der Waals surface area contributed by atoms with Gasteiger partial charge in [0, 0.05) is 30.7 Å². The highest BCUT2D eigenvalue weighted by Gasteiger charge is 2.70. The van der Waals surface area contributed by atoms with Gasteiger partial charge >= 0.3 is 6.18 Å². The Hall–Kier alpha value is -4.23. The van der Waals surface area contributed by atoms with E-state index in [1.165, 1.54) is 0 Å². The molecular weight excluding hydrogens is 550 g/mol. The molecule has 2 aliphatic rings. The number of nitrogens with one attached hydrogen (secondary N) is 1. The van der Waals surface area contributed by atoms with Crippen LogP contribution in [-0.4, -0.2) is 28.0 Å². The number of hydrogen-bond acceptors (Lipinski definition) is 4. The zero-order valence-electron chi connectivity index (χ0n) is 21.7. The number of anilines is 1. The van der Waals surface area contributed by atoms with Gasteiger partial charge in [-0.25, -0.2) is 19.2 Å². The van der Waals surface area contributed by atoms with Crippen molar-refractivity contribution in [3.63, 3.8) is 0 Å². The maximum absolute atomic E-state index is 14.4. The van der Waals surface area contributed by atoms with Crippen LogP contribution in [0.25, 0.3) is 27.0 Å². The molecule has 0 bridgehead atoms. The SMILES string of the molecule is [C-]#[N+]c1cccc(-c2ccc(C3(c4nc5cc(F)c(C(F)(F)F)cc5[nH]4)CC34CCN(c3nccs3)CC4)cc2)c1. The molecular formula is C31H23F4N5S. The average Bonchev–Trinajstić information content (AvgIpc) is 3.32. The normalized spacial score (nSPS) is 19.9. The third kappa shape index (κ3) is 4.10. The summed E-state index contributed by atoms with van der Waals surface area (Å²) in [6.45, 7) is 8.94. The molecule has 41 heavy (non-hydrogen) atoms. The second-order valence-electron chi connectivity index (χ2n) is 10.8. The highest BCUT2D eigenvalue weighted by molar-refractivity contribution is 7.13. The van der Waals surface area contributed by atoms with E-state index < -0.39 is 23.0 Å². The summed E-state index contributed by atoms with van der Waals surface area (Å²) in [5.41, 5.74) is 1.82. The van der Waals surface area contributed by atoms with Crippen LogP contribution in [0.2, 0.25) is 0 Å². The minimum Gasteiger partial charge on any atom is -0.348 e. The fourth-order valence-electron chi connectivity index (χ4n) is 6.60. The van der Waals surface area contributed by atoms with Crippen LogP contribution in [0.4, 0.5) is 28.4 Å². The molecule has 0 amide bonds. The molecule has 206 valence electrons. The number of benzene rings is 3. The van der Waals surface area contributed by atoms with Gasteiger partial charge in [0.15, 0.2) is 10.8 Å². The van der Waals surface area contributed by atoms with Crippen molar-refractivity contribution in [1.82, 2.24) is 15.0 Å². The summed E-state index contributed by atoms with van der Waals surface area (Å²) in [7, 11) is 0. The third-order valence-electron chi connectivity index (χ3n) is 8.76. The van der Waals surface area contributed by atoms with E-state index >= 15 is 0 Å². The first-order valence-electron chi connectivity index (χ1n) is 13.2. The van der Waals surface area contributed by atoms with Crippen molar-refractivity contribution < 1.29 is 17.6 Å². The highest BCUT2D eigenvalue weighted by Crippen LogP contribution is 2.72. The Morgan fingerprint density at radius 3 is 2.46 bits per heavy atom. The number of H-pyrrole nitrogens is 1. The molecule has 2 fully saturated rings. The lowest BCUT2D eigenvalue weighted by Crippen LogP contribution is -2.38. The Bertz CT molecular complexity index is 1800. The Morgan fingerprint density at radius 2 is 1.78 bits per heavy atom. The Kier molecular flexibility index (Phi) is 5.74. The number of nitrogens with zero attached hydrogens (tertiary/aromatic N) is 4. The van der Waals surface area contributed by atoms with Crippen LogP contribution in [0.3, 0.4) is 0 Å². The number of alkyl halides is 3. The molecule has 1 aliphatic heterocycles. The highest BCUT2D eigenvalue weighted by atomic mass is 32.1. The van der Waals surface area contributed by atoms with Gasteiger partial charge < -0.3 is 9.88 Å². The second kappa shape index (κ2) is 9.14. The van der Waals surface area contributed by atoms with Crippen molar-refractivity contribution >= 4 is 33.2 Å². The minimum atomic E-state index is -4.80. The molecule has 7 rings (SSSR count). The van der Waals surface area contributed by atoms with Crippen molar-refractivity contribution in [3.05, 3.63) is 106 Å². The van der Waals surface area contributed by atoms with Gasteiger partial charge in [-0.1, -0.05) is 42.5 Å². The summed E-state index contributed by atoms with van der Waals surface area (Å²) in [6.07, 6.45) is -0.497. The van der Waals surface area contributed by atoms with Gasteiger partial charge in [0.2, 0.25) is 0 Å². The lowest BCUT2D eigenvalue weighted by atomic mass is 9.79. The van der Waals surface area contributed by atoms with Gasteiger partial charge in [-0.05, 0) is 53.5 Å². The third-order valence-corrected chi connectivity index (χ3v) is 9.59. The molecule has 1 unspecified atom stereocenters. The average molecular weight is 574 g/mol. The maximum Gasteiger partial charge on any atom is 0.419 e. The molecule has 5 nitrogen and oxygen atoms in total. The fraction of sp³-hybridized carbons (Fsp3) is 0.258. The molecule has 1 saturated heterocycles. The van der Waals surface area contributed by atoms with Gasteiger partial charge in [-0.15, -0.1) is 11.3 Å². The summed E-state index contributed by atoms with van der Waals surface area (Å²) in [5, 5.41) is 2.94. The van der Waals surface area contributed by atoms with E-state index in [4.69, 9.17) is 11.6 Å². The molecule has 0 radical (unpaired) electrons. The Balaban J connectivity index is 1.30. The first-order chi connectivity index (χ1) is 19.7. The minimum absolute atomic E-state index is 0.147. The van der Waals surface area contributed by atoms with Gasteiger partial charge in [0.1, 0.15) is 11.6 Å². The number of fused-ring (bicyclic) bond motifs is 1. The number of halogens is 4. The lowest BCUT2D eigenvalue weighted by molar-refractivity contribution is -0.139. The van der Waals surface area contributed by atoms with Crippen LogP contribution in [0.1, 0.15) is 36.2 Å². The maximum atomic E-state index is 14.4. The number of aromatic nitrogens is 3. The lowest BCUT2D eigenvalue weighted by Gasteiger charge is -2.35. The first-order valence-corrected chi connectivity index (χ1v) is 14.1. The van der Waals surface area contributed by atoms with E-state index in [1.807, 2.05) is 35.7 Å². The number of piperidine rings is 1. The standard InChI is InChI=1S/C31H23F4N5S/c1-36-22-4-2-3-20(15-22)19-5-7-21(8-6-19)30(18-29(30)9-12-40(13-10-29)28-37-11-14-41-28)27-38-25-16-23(31(33,34)35)24(32)17-26(25)39-27/h2-8,11,14-17H,9-10,12-13,18H2,(H,38,39). The second-order valence-corrected chi connectivity index (χ2v) is 11.7. The van der Waals surface area contributed by atoms with Gasteiger partial charge in [-0.2, -0.15) is 13.2 Å². The monoisotopic (exact) mass is 573 g/mol. The van der Waals surface area contributed by atoms with Crippen LogP contribution in [-0.2, 0) is 11.6 Å². The number of imidazole rings is 1. The number of thiazole rings is 1. The molecule has 1 aliphatic carbocycles. The van der Waals surface area contributed by atoms with Crippen LogP contribution in [0.5, 0.6) is 0 Å². The zero-order chi connectivity index (χ0) is 28.4. The zero-order valence-corrected chi connectivity index (χ0v) is 22.5. The van der Waals surface area contributed by atoms with Crippen LogP contribution < -0.4 is 4.90 Å². The van der Waals surface area contributed by atoms with Crippen molar-refractivity contribution in [2.75, 3.05) is 18.0 Å². The topological polar surface area (TPSA) is 49.2 Å². The van der Waals surface area contributed by atoms with E-state index in [2.05, 4.69) is 31.8 Å². The summed E-state index contributed by atoms with van der Waals surface area (Å²) in [5.74, 6) is -0.762. The molecule has 1 saturated carbocycles. The number of hydrogen-bond donors (Lipinski definition) is 1. The molecule has 1 atom stereocenters. The Labute approximate surface area is 237 Å². The number of rotatable bonds is 4. The quantitative estimate of drug-likeness (QED) is 0.174. The largest absolute Gasteiger partial charge is 0.419 e. The summed E-state index contributed by atoms with van der Waals surface area (Å²) >= 11 is 1.60. The van der Waals surface area contributed by atoms with Gasteiger partial charge in [0.05, 0.1) is 28.6 Å². The van der Waals surface area contributed by atoms with Crippen molar-refractivity contribution in [1.29, 1.82) is 0 Å². The fourth-order valence-corrected chi connectivity index (χ4v) is 7.29. The molecule has 1 spiro atoms. The van der Waals surface area contributed by atoms with Crippen LogP contribution in [0, 0.1) is 17.8 Å². The predicted octanol–water partition coefficient (Wildman–Crippen LogP) is 8.37. The van der Waals surface area contributed by atoms with Gasteiger partial charge in [-0.3, -0.25) is 0 Å². The summed E-state index contributed by atoms with van der Waals surface area (Å²) < 4.78 is 54.8. The van der Waals surface area contributed by atoms with E-state index in [9.17, 15) is 17.6 Å².